The van der Waals surface area contributed by atoms with Crippen LogP contribution in [0.5, 0.6) is 11.5 Å². The normalized spacial score (nSPS) is 24.7. The van der Waals surface area contributed by atoms with Crippen LogP contribution >= 0.6 is 11.3 Å². The fourth-order valence-electron chi connectivity index (χ4n) is 4.13. The van der Waals surface area contributed by atoms with Gasteiger partial charge in [-0.2, -0.15) is 0 Å². The number of hydrogen-bond donors (Lipinski definition) is 1. The van der Waals surface area contributed by atoms with Gasteiger partial charge in [0.2, 0.25) is 0 Å². The number of aliphatic carboxylic acids is 1. The highest BCUT2D eigenvalue weighted by atomic mass is 32.1. The first-order valence-corrected chi connectivity index (χ1v) is 9.44. The van der Waals surface area contributed by atoms with Crippen molar-refractivity contribution in [1.29, 1.82) is 0 Å². The summed E-state index contributed by atoms with van der Waals surface area (Å²) < 4.78 is 11.1. The summed E-state index contributed by atoms with van der Waals surface area (Å²) in [5.74, 6) is 0.572. The van der Waals surface area contributed by atoms with Crippen molar-refractivity contribution in [3.8, 4) is 11.5 Å². The summed E-state index contributed by atoms with van der Waals surface area (Å²) in [5, 5.41) is 11.1. The van der Waals surface area contributed by atoms with E-state index in [1.807, 2.05) is 32.0 Å². The van der Waals surface area contributed by atoms with E-state index in [0.717, 1.165) is 34.3 Å². The van der Waals surface area contributed by atoms with Gasteiger partial charge < -0.3 is 14.6 Å². The predicted octanol–water partition coefficient (Wildman–Crippen LogP) is 2.83. The lowest BCUT2D eigenvalue weighted by Gasteiger charge is -2.36. The van der Waals surface area contributed by atoms with Gasteiger partial charge in [0.1, 0.15) is 23.5 Å². The van der Waals surface area contributed by atoms with Gasteiger partial charge in [-0.05, 0) is 19.9 Å². The Balaban J connectivity index is 1.66. The van der Waals surface area contributed by atoms with Gasteiger partial charge in [0.05, 0.1) is 17.8 Å². The SMILES string of the molecule is COc1ccc2c(c1)OC[C@]1(C(=O)O)CN(Cc3sc(C)nc3C)C[C@H]21. The Labute approximate surface area is 156 Å². The molecule has 1 saturated heterocycles. The topological polar surface area (TPSA) is 71.9 Å². The molecule has 6 nitrogen and oxygen atoms in total. The Kier molecular flexibility index (Phi) is 4.16. The lowest BCUT2D eigenvalue weighted by Crippen LogP contribution is -2.45. The number of fused-ring (bicyclic) bond motifs is 3. The van der Waals surface area contributed by atoms with Gasteiger partial charge in [-0.25, -0.2) is 4.98 Å². The molecule has 1 aromatic carbocycles. The van der Waals surface area contributed by atoms with Crippen LogP contribution in [0.15, 0.2) is 18.2 Å². The number of hydrogen-bond acceptors (Lipinski definition) is 6. The van der Waals surface area contributed by atoms with E-state index in [1.165, 1.54) is 4.88 Å². The second-order valence-corrected chi connectivity index (χ2v) is 8.41. The molecule has 2 aliphatic heterocycles. The number of likely N-dealkylation sites (tertiary alicyclic amines) is 1. The van der Waals surface area contributed by atoms with Gasteiger partial charge in [-0.3, -0.25) is 9.69 Å². The average molecular weight is 374 g/mol. The Morgan fingerprint density at radius 2 is 2.31 bits per heavy atom. The molecule has 2 aliphatic rings. The summed E-state index contributed by atoms with van der Waals surface area (Å²) in [7, 11) is 1.61. The molecule has 4 rings (SSSR count). The summed E-state index contributed by atoms with van der Waals surface area (Å²) in [6.07, 6.45) is 0. The maximum Gasteiger partial charge on any atom is 0.315 e. The second-order valence-electron chi connectivity index (χ2n) is 7.12. The van der Waals surface area contributed by atoms with Crippen LogP contribution < -0.4 is 9.47 Å². The van der Waals surface area contributed by atoms with Crippen LogP contribution in [0.2, 0.25) is 0 Å². The quantitative estimate of drug-likeness (QED) is 0.887. The van der Waals surface area contributed by atoms with Crippen molar-refractivity contribution < 1.29 is 19.4 Å². The number of methoxy groups -OCH3 is 1. The molecule has 7 heteroatoms. The van der Waals surface area contributed by atoms with Crippen molar-refractivity contribution in [3.63, 3.8) is 0 Å². The monoisotopic (exact) mass is 374 g/mol. The predicted molar refractivity (Wildman–Crippen MR) is 98.2 cm³/mol. The Morgan fingerprint density at radius 1 is 1.50 bits per heavy atom. The number of aryl methyl sites for hydroxylation is 2. The van der Waals surface area contributed by atoms with Gasteiger partial charge in [0.25, 0.3) is 0 Å². The number of thiazole rings is 1. The minimum atomic E-state index is -0.908. The lowest BCUT2D eigenvalue weighted by atomic mass is 9.73. The summed E-state index contributed by atoms with van der Waals surface area (Å²) in [6.45, 7) is 6.11. The molecular weight excluding hydrogens is 352 g/mol. The minimum Gasteiger partial charge on any atom is -0.497 e. The molecule has 1 aromatic heterocycles. The molecule has 0 spiro atoms. The van der Waals surface area contributed by atoms with Gasteiger partial charge >= 0.3 is 5.97 Å². The van der Waals surface area contributed by atoms with E-state index in [2.05, 4.69) is 9.88 Å². The van der Waals surface area contributed by atoms with E-state index in [0.29, 0.717) is 13.1 Å². The maximum atomic E-state index is 12.2. The number of carbonyl (C=O) groups is 1. The zero-order valence-corrected chi connectivity index (χ0v) is 15.9. The largest absolute Gasteiger partial charge is 0.497 e. The second kappa shape index (κ2) is 6.25. The lowest BCUT2D eigenvalue weighted by molar-refractivity contribution is -0.151. The molecule has 2 atom stereocenters. The zero-order valence-electron chi connectivity index (χ0n) is 15.1. The van der Waals surface area contributed by atoms with Crippen LogP contribution in [0.1, 0.15) is 27.1 Å². The third-order valence-corrected chi connectivity index (χ3v) is 6.55. The van der Waals surface area contributed by atoms with E-state index < -0.39 is 11.4 Å². The number of nitrogens with zero attached hydrogens (tertiary/aromatic N) is 2. The molecule has 2 aromatic rings. The Bertz CT molecular complexity index is 865. The maximum absolute atomic E-state index is 12.2. The molecule has 138 valence electrons. The van der Waals surface area contributed by atoms with Crippen LogP contribution in [0.4, 0.5) is 0 Å². The number of carboxylic acid groups (broad SMARTS) is 1. The van der Waals surface area contributed by atoms with E-state index in [1.54, 1.807) is 18.4 Å². The standard InChI is InChI=1S/C19H22N2O4S/c1-11-17(26-12(2)20-11)8-21-7-15-14-5-4-13(24-3)6-16(14)25-10-19(15,9-21)18(22)23/h4-6,15H,7-10H2,1-3H3,(H,22,23)/t15-,19-/m1/s1. The fourth-order valence-corrected chi connectivity index (χ4v) is 5.11. The van der Waals surface area contributed by atoms with Gasteiger partial charge in [-0.15, -0.1) is 11.3 Å². The molecule has 3 heterocycles. The Hall–Kier alpha value is -2.12. The number of rotatable bonds is 4. The zero-order chi connectivity index (χ0) is 18.5. The van der Waals surface area contributed by atoms with Crippen LogP contribution in [-0.4, -0.2) is 47.8 Å². The highest BCUT2D eigenvalue weighted by Gasteiger charge is 2.56. The smallest absolute Gasteiger partial charge is 0.315 e. The van der Waals surface area contributed by atoms with Crippen molar-refractivity contribution in [1.82, 2.24) is 9.88 Å². The van der Waals surface area contributed by atoms with Gasteiger partial charge in [-0.1, -0.05) is 6.07 Å². The van der Waals surface area contributed by atoms with Crippen molar-refractivity contribution in [2.24, 2.45) is 5.41 Å². The van der Waals surface area contributed by atoms with Crippen molar-refractivity contribution in [2.75, 3.05) is 26.8 Å². The van der Waals surface area contributed by atoms with Gasteiger partial charge in [0.15, 0.2) is 0 Å². The molecule has 1 N–H and O–H groups in total. The molecule has 26 heavy (non-hydrogen) atoms. The summed E-state index contributed by atoms with van der Waals surface area (Å²) in [4.78, 5) is 20.1. The van der Waals surface area contributed by atoms with Gasteiger partial charge in [0, 0.05) is 42.1 Å². The van der Waals surface area contributed by atoms with Crippen LogP contribution in [0.25, 0.3) is 0 Å². The number of aromatic nitrogens is 1. The molecular formula is C19H22N2O4S. The number of carboxylic acids is 1. The van der Waals surface area contributed by atoms with E-state index >= 15 is 0 Å². The highest BCUT2D eigenvalue weighted by molar-refractivity contribution is 7.11. The van der Waals surface area contributed by atoms with Crippen molar-refractivity contribution >= 4 is 17.3 Å². The first-order chi connectivity index (χ1) is 12.4. The summed E-state index contributed by atoms with van der Waals surface area (Å²) in [6, 6.07) is 5.67. The third kappa shape index (κ3) is 2.66. The first-order valence-electron chi connectivity index (χ1n) is 8.62. The molecule has 0 amide bonds. The van der Waals surface area contributed by atoms with Crippen molar-refractivity contribution in [3.05, 3.63) is 39.3 Å². The van der Waals surface area contributed by atoms with E-state index in [4.69, 9.17) is 9.47 Å². The molecule has 1 fully saturated rings. The Morgan fingerprint density at radius 3 is 2.96 bits per heavy atom. The molecule has 0 saturated carbocycles. The van der Waals surface area contributed by atoms with Crippen LogP contribution in [0.3, 0.4) is 0 Å². The van der Waals surface area contributed by atoms with Crippen LogP contribution in [0, 0.1) is 19.3 Å². The fraction of sp³-hybridized carbons (Fsp3) is 0.474. The van der Waals surface area contributed by atoms with Crippen LogP contribution in [-0.2, 0) is 11.3 Å². The molecule has 0 aliphatic carbocycles. The van der Waals surface area contributed by atoms with Crippen molar-refractivity contribution in [2.45, 2.75) is 26.3 Å². The van der Waals surface area contributed by atoms with E-state index in [-0.39, 0.29) is 12.5 Å². The summed E-state index contributed by atoms with van der Waals surface area (Å²) in [5.41, 5.74) is 1.09. The molecule has 0 bridgehead atoms. The first kappa shape index (κ1) is 17.3. The minimum absolute atomic E-state index is 0.0935. The highest BCUT2D eigenvalue weighted by Crippen LogP contribution is 2.50. The molecule has 0 radical (unpaired) electrons. The number of ether oxygens (including phenoxy) is 2. The van der Waals surface area contributed by atoms with E-state index in [9.17, 15) is 9.90 Å². The average Bonchev–Trinajstić information content (AvgIpc) is 3.14. The third-order valence-electron chi connectivity index (χ3n) is 5.49. The number of benzene rings is 1. The summed E-state index contributed by atoms with van der Waals surface area (Å²) >= 11 is 1.68. The molecule has 0 unspecified atom stereocenters.